The second-order valence-corrected chi connectivity index (χ2v) is 10.3. The summed E-state index contributed by atoms with van der Waals surface area (Å²) >= 11 is 12.4. The maximum Gasteiger partial charge on any atom is 0.269 e. The van der Waals surface area contributed by atoms with Gasteiger partial charge in [-0.1, -0.05) is 53.5 Å². The Bertz CT molecular complexity index is 1440. The minimum Gasteiger partial charge on any atom is -0.324 e. The van der Waals surface area contributed by atoms with Gasteiger partial charge in [0.2, 0.25) is 5.91 Å². The highest BCUT2D eigenvalue weighted by Gasteiger charge is 2.69. The molecule has 36 heavy (non-hydrogen) atoms. The number of carbonyl (C=O) groups is 2. The summed E-state index contributed by atoms with van der Waals surface area (Å²) in [6.07, 6.45) is 1.64. The molecule has 1 amide bonds. The second kappa shape index (κ2) is 8.40. The number of rotatable bonds is 4. The van der Waals surface area contributed by atoms with Crippen LogP contribution in [0.15, 0.2) is 66.7 Å². The van der Waals surface area contributed by atoms with Crippen LogP contribution in [0.2, 0.25) is 10.0 Å². The number of hydrogen-bond acceptors (Lipinski definition) is 5. The molecule has 3 aromatic rings. The van der Waals surface area contributed by atoms with E-state index in [-0.39, 0.29) is 28.4 Å². The van der Waals surface area contributed by atoms with Gasteiger partial charge in [-0.3, -0.25) is 24.6 Å². The first-order valence-electron chi connectivity index (χ1n) is 11.8. The number of amides is 1. The molecule has 3 aliphatic rings. The second-order valence-electron chi connectivity index (χ2n) is 9.52. The Morgan fingerprint density at radius 2 is 1.86 bits per heavy atom. The summed E-state index contributed by atoms with van der Waals surface area (Å²) in [5.74, 6) is -1.76. The molecule has 2 saturated heterocycles. The van der Waals surface area contributed by atoms with E-state index in [0.717, 1.165) is 18.4 Å². The Kier molecular flexibility index (Phi) is 5.41. The van der Waals surface area contributed by atoms with Crippen molar-refractivity contribution in [2.45, 2.75) is 30.3 Å². The summed E-state index contributed by atoms with van der Waals surface area (Å²) in [6.45, 7) is 0.642. The predicted molar refractivity (Wildman–Crippen MR) is 137 cm³/mol. The van der Waals surface area contributed by atoms with Crippen LogP contribution in [-0.4, -0.2) is 34.1 Å². The number of anilines is 1. The Morgan fingerprint density at radius 1 is 1.06 bits per heavy atom. The van der Waals surface area contributed by atoms with Gasteiger partial charge in [0.15, 0.2) is 5.78 Å². The lowest BCUT2D eigenvalue weighted by atomic mass is 9.68. The van der Waals surface area contributed by atoms with E-state index in [0.29, 0.717) is 28.4 Å². The smallest absolute Gasteiger partial charge is 0.269 e. The third-order valence-corrected chi connectivity index (χ3v) is 8.60. The SMILES string of the molecule is O=C(c1ccc(Cl)c(Cl)c1)C1C(c2cccc([N+](=O)[O-])c2)C2CCCN2[C@@]12C(=O)Nc1ccccc12. The zero-order valence-corrected chi connectivity index (χ0v) is 20.5. The van der Waals surface area contributed by atoms with Crippen LogP contribution in [0.3, 0.4) is 0 Å². The zero-order valence-electron chi connectivity index (χ0n) is 19.0. The first-order chi connectivity index (χ1) is 17.3. The van der Waals surface area contributed by atoms with E-state index < -0.39 is 22.3 Å². The molecule has 0 aromatic heterocycles. The number of nitrogens with one attached hydrogen (secondary N) is 1. The highest BCUT2D eigenvalue weighted by molar-refractivity contribution is 6.42. The van der Waals surface area contributed by atoms with Crippen LogP contribution in [0.25, 0.3) is 0 Å². The third kappa shape index (κ3) is 3.16. The quantitative estimate of drug-likeness (QED) is 0.265. The van der Waals surface area contributed by atoms with E-state index in [1.165, 1.54) is 18.2 Å². The molecule has 3 unspecified atom stereocenters. The number of benzene rings is 3. The van der Waals surface area contributed by atoms with Crippen molar-refractivity contribution < 1.29 is 14.5 Å². The number of para-hydroxylation sites is 1. The van der Waals surface area contributed by atoms with Crippen LogP contribution in [0.5, 0.6) is 0 Å². The minimum absolute atomic E-state index is 0.0463. The average molecular weight is 522 g/mol. The molecule has 1 N–H and O–H groups in total. The summed E-state index contributed by atoms with van der Waals surface area (Å²) in [7, 11) is 0. The van der Waals surface area contributed by atoms with Gasteiger partial charge in [0.05, 0.1) is 20.9 Å². The van der Waals surface area contributed by atoms with Gasteiger partial charge < -0.3 is 5.32 Å². The fourth-order valence-electron chi connectivity index (χ4n) is 6.56. The van der Waals surface area contributed by atoms with E-state index in [4.69, 9.17) is 23.2 Å². The summed E-state index contributed by atoms with van der Waals surface area (Å²) in [5.41, 5.74) is 1.18. The van der Waals surface area contributed by atoms with Crippen molar-refractivity contribution >= 4 is 46.3 Å². The van der Waals surface area contributed by atoms with Crippen molar-refractivity contribution in [3.05, 3.63) is 104 Å². The Balaban J connectivity index is 1.61. The number of nitro benzene ring substituents is 1. The van der Waals surface area contributed by atoms with Crippen LogP contribution in [0.1, 0.15) is 40.2 Å². The van der Waals surface area contributed by atoms with Crippen LogP contribution in [0, 0.1) is 16.0 Å². The number of ketones is 1. The summed E-state index contributed by atoms with van der Waals surface area (Å²) in [4.78, 5) is 41.7. The van der Waals surface area contributed by atoms with Crippen molar-refractivity contribution in [3.63, 3.8) is 0 Å². The number of fused-ring (bicyclic) bond motifs is 4. The third-order valence-electron chi connectivity index (χ3n) is 7.86. The fraction of sp³-hybridized carbons (Fsp3) is 0.259. The van der Waals surface area contributed by atoms with Crippen molar-refractivity contribution in [3.8, 4) is 0 Å². The Labute approximate surface area is 217 Å². The molecule has 0 saturated carbocycles. The lowest BCUT2D eigenvalue weighted by molar-refractivity contribution is -0.384. The number of non-ortho nitro benzene ring substituents is 1. The van der Waals surface area contributed by atoms with Gasteiger partial charge in [-0.2, -0.15) is 0 Å². The molecule has 3 aromatic carbocycles. The van der Waals surface area contributed by atoms with E-state index in [1.807, 2.05) is 30.3 Å². The van der Waals surface area contributed by atoms with E-state index in [1.54, 1.807) is 18.2 Å². The molecular weight excluding hydrogens is 501 g/mol. The lowest BCUT2D eigenvalue weighted by Crippen LogP contribution is -2.52. The molecule has 1 spiro atoms. The van der Waals surface area contributed by atoms with Crippen molar-refractivity contribution in [2.24, 2.45) is 5.92 Å². The molecule has 4 atom stereocenters. The summed E-state index contributed by atoms with van der Waals surface area (Å²) in [5, 5.41) is 15.2. The Morgan fingerprint density at radius 3 is 2.64 bits per heavy atom. The van der Waals surface area contributed by atoms with Gasteiger partial charge in [-0.15, -0.1) is 0 Å². The van der Waals surface area contributed by atoms with Crippen molar-refractivity contribution in [2.75, 3.05) is 11.9 Å². The van der Waals surface area contributed by atoms with E-state index in [9.17, 15) is 19.7 Å². The van der Waals surface area contributed by atoms with Crippen LogP contribution in [-0.2, 0) is 10.3 Å². The highest BCUT2D eigenvalue weighted by Crippen LogP contribution is 2.61. The highest BCUT2D eigenvalue weighted by atomic mass is 35.5. The average Bonchev–Trinajstić information content (AvgIpc) is 3.53. The molecule has 7 nitrogen and oxygen atoms in total. The summed E-state index contributed by atoms with van der Waals surface area (Å²) < 4.78 is 0. The molecule has 182 valence electrons. The molecule has 0 radical (unpaired) electrons. The van der Waals surface area contributed by atoms with Gasteiger partial charge in [0.1, 0.15) is 5.54 Å². The van der Waals surface area contributed by atoms with Crippen molar-refractivity contribution in [1.29, 1.82) is 0 Å². The normalized spacial score (nSPS) is 26.6. The van der Waals surface area contributed by atoms with Gasteiger partial charge >= 0.3 is 0 Å². The lowest BCUT2D eigenvalue weighted by Gasteiger charge is -2.36. The topological polar surface area (TPSA) is 92.5 Å². The first-order valence-corrected chi connectivity index (χ1v) is 12.5. The molecule has 3 heterocycles. The summed E-state index contributed by atoms with van der Waals surface area (Å²) in [6, 6.07) is 18.5. The van der Waals surface area contributed by atoms with Crippen LogP contribution < -0.4 is 5.32 Å². The predicted octanol–water partition coefficient (Wildman–Crippen LogP) is 5.81. The monoisotopic (exact) mass is 521 g/mol. The number of Topliss-reactive ketones (excluding diaryl/α,β-unsaturated/α-hetero) is 1. The molecule has 3 aliphatic heterocycles. The molecule has 9 heteroatoms. The largest absolute Gasteiger partial charge is 0.324 e. The molecule has 0 aliphatic carbocycles. The van der Waals surface area contributed by atoms with Crippen LogP contribution in [0.4, 0.5) is 11.4 Å². The molecule has 2 fully saturated rings. The maximum atomic E-state index is 14.4. The van der Waals surface area contributed by atoms with E-state index in [2.05, 4.69) is 10.2 Å². The standard InChI is InChI=1S/C27H21Cl2N3O4/c28-19-11-10-16(14-20(19)29)25(33)24-23(15-5-3-6-17(13-15)32(35)36)22-9-4-12-31(22)27(24)18-7-1-2-8-21(18)30-26(27)34/h1-3,5-8,10-11,13-14,22-24H,4,9,12H2,(H,30,34)/t22?,23?,24?,27-/m1/s1. The first kappa shape index (κ1) is 23.2. The van der Waals surface area contributed by atoms with Gasteiger partial charge in [0.25, 0.3) is 5.69 Å². The van der Waals surface area contributed by atoms with Gasteiger partial charge in [0, 0.05) is 40.9 Å². The number of nitro groups is 1. The Hall–Kier alpha value is -3.26. The number of carbonyl (C=O) groups excluding carboxylic acids is 2. The fourth-order valence-corrected chi connectivity index (χ4v) is 6.86. The van der Waals surface area contributed by atoms with Gasteiger partial charge in [-0.05, 0) is 49.2 Å². The molecular formula is C27H21Cl2N3O4. The molecule has 0 bridgehead atoms. The number of nitrogens with zero attached hydrogens (tertiary/aromatic N) is 2. The maximum absolute atomic E-state index is 14.4. The van der Waals surface area contributed by atoms with Crippen LogP contribution >= 0.6 is 23.2 Å². The zero-order chi connectivity index (χ0) is 25.2. The number of halogens is 2. The van der Waals surface area contributed by atoms with E-state index >= 15 is 0 Å². The van der Waals surface area contributed by atoms with Gasteiger partial charge in [-0.25, -0.2) is 0 Å². The number of hydrogen-bond donors (Lipinski definition) is 1. The van der Waals surface area contributed by atoms with Crippen molar-refractivity contribution in [1.82, 2.24) is 4.90 Å². The minimum atomic E-state index is -1.24. The molecule has 6 rings (SSSR count).